The molecule has 4 aromatic heterocycles. The van der Waals surface area contributed by atoms with Crippen LogP contribution in [0.1, 0.15) is 104 Å². The van der Waals surface area contributed by atoms with Crippen molar-refractivity contribution in [1.82, 2.24) is 48.6 Å². The van der Waals surface area contributed by atoms with Crippen molar-refractivity contribution in [2.45, 2.75) is 101 Å². The number of aromatic nitrogens is 7. The molecule has 5 saturated heterocycles. The standard InChI is InChI=1S/C46H54F2N12O6/c1-54-40-28(3-2-4-34(40)60(45(54)65)35-10-11-37(61)52-44(35)64)7-12-38(62)56-25-46(26-56)14-17-55(18-15-46)21-27-5-8-29(9-6-27)59-23-33(39(53-59)41(47)48)50-43(63)32-20-49-58-16-13-36(51-42(32)58)57-22-31-19-30(57)24-66-31/h2-4,13,16,20,23,27,29-31,35,41H,5-12,14-15,17-19,21-22,24-26H2,1H3,(H,50,63)(H,52,61,64)/t27-,29-,30-,31-,35?/m1/s1. The van der Waals surface area contributed by atoms with Crippen LogP contribution in [-0.2, 0) is 32.6 Å². The number of halogens is 2. The van der Waals surface area contributed by atoms with Gasteiger partial charge in [0, 0.05) is 63.9 Å². The number of benzene rings is 1. The molecule has 20 heteroatoms. The van der Waals surface area contributed by atoms with Crippen LogP contribution in [0.2, 0.25) is 0 Å². The molecule has 1 aromatic carbocycles. The molecule has 348 valence electrons. The molecule has 5 aromatic rings. The number of alkyl halides is 2. The van der Waals surface area contributed by atoms with E-state index < -0.39 is 30.0 Å². The first-order chi connectivity index (χ1) is 31.9. The number of carbonyl (C=O) groups excluding carboxylic acids is 4. The second-order valence-electron chi connectivity index (χ2n) is 19.5. The van der Waals surface area contributed by atoms with Crippen LogP contribution in [0.3, 0.4) is 0 Å². The average Bonchev–Trinajstić information content (AvgIpc) is 4.15. The number of nitrogens with zero attached hydrogens (tertiary/aromatic N) is 10. The van der Waals surface area contributed by atoms with Crippen molar-refractivity contribution >= 4 is 51.8 Å². The Morgan fingerprint density at radius 1 is 1.03 bits per heavy atom. The van der Waals surface area contributed by atoms with Gasteiger partial charge in [0.2, 0.25) is 17.7 Å². The summed E-state index contributed by atoms with van der Waals surface area (Å²) < 4.78 is 40.5. The summed E-state index contributed by atoms with van der Waals surface area (Å²) in [6.45, 7) is 5.80. The van der Waals surface area contributed by atoms with Crippen molar-refractivity contribution in [3.63, 3.8) is 0 Å². The van der Waals surface area contributed by atoms with Gasteiger partial charge in [-0.3, -0.25) is 38.3 Å². The number of hydrogen-bond acceptors (Lipinski definition) is 11. The molecule has 9 heterocycles. The quantitative estimate of drug-likeness (QED) is 0.183. The summed E-state index contributed by atoms with van der Waals surface area (Å²) in [7, 11) is 1.68. The monoisotopic (exact) mass is 908 g/mol. The molecule has 11 rings (SSSR count). The first-order valence-corrected chi connectivity index (χ1v) is 23.3. The average molecular weight is 909 g/mol. The zero-order valence-corrected chi connectivity index (χ0v) is 36.9. The molecule has 1 aliphatic carbocycles. The van der Waals surface area contributed by atoms with Crippen LogP contribution in [0.4, 0.5) is 20.3 Å². The molecule has 2 bridgehead atoms. The van der Waals surface area contributed by atoms with Gasteiger partial charge < -0.3 is 24.8 Å². The molecular weight excluding hydrogens is 855 g/mol. The number of likely N-dealkylation sites (tertiary alicyclic amines) is 2. The number of anilines is 2. The number of para-hydroxylation sites is 1. The Bertz CT molecular complexity index is 2790. The number of rotatable bonds is 11. The highest BCUT2D eigenvalue weighted by Gasteiger charge is 2.47. The van der Waals surface area contributed by atoms with Crippen LogP contribution in [0.15, 0.2) is 47.7 Å². The maximum Gasteiger partial charge on any atom is 0.329 e. The van der Waals surface area contributed by atoms with E-state index >= 15 is 0 Å². The number of fused-ring (bicyclic) bond motifs is 4. The summed E-state index contributed by atoms with van der Waals surface area (Å²) >= 11 is 0. The maximum absolute atomic E-state index is 14.3. The number of nitrogens with one attached hydrogen (secondary N) is 2. The summed E-state index contributed by atoms with van der Waals surface area (Å²) in [5, 5.41) is 13.6. The van der Waals surface area contributed by atoms with Crippen LogP contribution in [-0.4, -0.2) is 125 Å². The molecule has 66 heavy (non-hydrogen) atoms. The number of ether oxygens (including phenoxy) is 1. The van der Waals surface area contributed by atoms with Crippen molar-refractivity contribution < 1.29 is 32.7 Å². The minimum absolute atomic E-state index is 0.00916. The number of hydrogen-bond donors (Lipinski definition) is 2. The van der Waals surface area contributed by atoms with Crippen LogP contribution >= 0.6 is 0 Å². The van der Waals surface area contributed by atoms with E-state index in [2.05, 4.69) is 30.6 Å². The molecule has 1 unspecified atom stereocenters. The molecule has 1 spiro atoms. The lowest BCUT2D eigenvalue weighted by molar-refractivity contribution is -0.147. The first kappa shape index (κ1) is 42.6. The molecule has 6 aliphatic rings. The molecule has 3 atom stereocenters. The Morgan fingerprint density at radius 2 is 1.83 bits per heavy atom. The van der Waals surface area contributed by atoms with Gasteiger partial charge in [0.05, 0.1) is 47.7 Å². The molecule has 0 radical (unpaired) electrons. The fourth-order valence-corrected chi connectivity index (χ4v) is 11.7. The lowest BCUT2D eigenvalue weighted by atomic mass is 9.71. The zero-order chi connectivity index (χ0) is 45.4. The zero-order valence-electron chi connectivity index (χ0n) is 36.9. The minimum Gasteiger partial charge on any atom is -0.374 e. The Morgan fingerprint density at radius 3 is 2.56 bits per heavy atom. The summed E-state index contributed by atoms with van der Waals surface area (Å²) in [5.41, 5.74) is 2.08. The normalized spacial score (nSPS) is 25.4. The largest absolute Gasteiger partial charge is 0.374 e. The third-order valence-electron chi connectivity index (χ3n) is 15.4. The summed E-state index contributed by atoms with van der Waals surface area (Å²) in [6, 6.07) is 6.87. The highest BCUT2D eigenvalue weighted by molar-refractivity contribution is 6.08. The van der Waals surface area contributed by atoms with Crippen molar-refractivity contribution in [2.75, 3.05) is 56.1 Å². The second kappa shape index (κ2) is 16.7. The Labute approximate surface area is 378 Å². The SMILES string of the molecule is Cn1c(=O)n(C2CCC(=O)NC2=O)c2cccc(CCC(=O)N3CC4(CCN(C[C@H]5CC[C@H](n6cc(NC(=O)c7cnn8ccc(N9C[C@H]%10C[C@@H]9CO%10)nc78)c(C(F)F)n6)CC5)CC4)C3)c21. The van der Waals surface area contributed by atoms with E-state index in [9.17, 15) is 32.8 Å². The van der Waals surface area contributed by atoms with Gasteiger partial charge >= 0.3 is 5.69 Å². The lowest BCUT2D eigenvalue weighted by Crippen LogP contribution is -2.62. The predicted octanol–water partition coefficient (Wildman–Crippen LogP) is 4.01. The topological polar surface area (TPSA) is 186 Å². The number of piperidine rings is 2. The molecule has 4 amide bonds. The van der Waals surface area contributed by atoms with Crippen LogP contribution < -0.4 is 21.2 Å². The van der Waals surface area contributed by atoms with Gasteiger partial charge in [0.1, 0.15) is 17.4 Å². The van der Waals surface area contributed by atoms with Gasteiger partial charge in [-0.15, -0.1) is 0 Å². The van der Waals surface area contributed by atoms with Gasteiger partial charge in [-0.25, -0.2) is 23.1 Å². The number of carbonyl (C=O) groups is 4. The molecular formula is C46H54F2N12O6. The van der Waals surface area contributed by atoms with E-state index in [1.807, 2.05) is 29.2 Å². The van der Waals surface area contributed by atoms with Gasteiger partial charge in [-0.05, 0) is 94.5 Å². The van der Waals surface area contributed by atoms with Crippen LogP contribution in [0.5, 0.6) is 0 Å². The molecule has 6 fully saturated rings. The number of amides is 4. The van der Waals surface area contributed by atoms with Crippen LogP contribution in [0, 0.1) is 11.3 Å². The number of morpholine rings is 1. The van der Waals surface area contributed by atoms with Crippen molar-refractivity contribution in [3.05, 3.63) is 70.2 Å². The second-order valence-corrected chi connectivity index (χ2v) is 19.5. The fraction of sp³-hybridized carbons (Fsp3) is 0.565. The van der Waals surface area contributed by atoms with Crippen LogP contribution in [0.25, 0.3) is 16.7 Å². The molecule has 1 saturated carbocycles. The summed E-state index contributed by atoms with van der Waals surface area (Å²) in [6.07, 6.45) is 9.73. The van der Waals surface area contributed by atoms with E-state index in [-0.39, 0.29) is 65.2 Å². The molecule has 5 aliphatic heterocycles. The number of aryl methyl sites for hydroxylation is 2. The third kappa shape index (κ3) is 7.64. The Kier molecular flexibility index (Phi) is 10.8. The Hall–Kier alpha value is -6.02. The first-order valence-electron chi connectivity index (χ1n) is 23.3. The van der Waals surface area contributed by atoms with E-state index in [0.717, 1.165) is 95.6 Å². The van der Waals surface area contributed by atoms with Gasteiger partial charge in [0.15, 0.2) is 11.3 Å². The van der Waals surface area contributed by atoms with Crippen molar-refractivity contribution in [2.24, 2.45) is 18.4 Å². The van der Waals surface area contributed by atoms with Crippen molar-refractivity contribution in [3.8, 4) is 0 Å². The lowest BCUT2D eigenvalue weighted by Gasteiger charge is -2.54. The van der Waals surface area contributed by atoms with Gasteiger partial charge in [0.25, 0.3) is 12.3 Å². The van der Waals surface area contributed by atoms with Gasteiger partial charge in [-0.2, -0.15) is 10.2 Å². The highest BCUT2D eigenvalue weighted by atomic mass is 19.3. The highest BCUT2D eigenvalue weighted by Crippen LogP contribution is 2.42. The summed E-state index contributed by atoms with van der Waals surface area (Å²) in [4.78, 5) is 76.2. The number of imidazole rings is 1. The third-order valence-corrected chi connectivity index (χ3v) is 15.4. The van der Waals surface area contributed by atoms with E-state index in [1.165, 1.54) is 19.8 Å². The minimum atomic E-state index is -2.87. The van der Waals surface area contributed by atoms with Crippen molar-refractivity contribution in [1.29, 1.82) is 0 Å². The maximum atomic E-state index is 14.3. The Balaban J connectivity index is 0.648. The van der Waals surface area contributed by atoms with Gasteiger partial charge in [-0.1, -0.05) is 12.1 Å². The summed E-state index contributed by atoms with van der Waals surface area (Å²) in [5.74, 6) is -0.0757. The van der Waals surface area contributed by atoms with E-state index in [0.29, 0.717) is 42.0 Å². The molecule has 2 N–H and O–H groups in total. The van der Waals surface area contributed by atoms with E-state index in [1.54, 1.807) is 24.1 Å². The molecule has 18 nitrogen and oxygen atoms in total. The smallest absolute Gasteiger partial charge is 0.329 e. The number of imide groups is 1. The predicted molar refractivity (Wildman–Crippen MR) is 236 cm³/mol. The fourth-order valence-electron chi connectivity index (χ4n) is 11.7. The van der Waals surface area contributed by atoms with E-state index in [4.69, 9.17) is 9.72 Å².